The first-order valence-electron chi connectivity index (χ1n) is 5.09. The SMILES string of the molecule is N#Cc1sc(N2CCC(O)C2)c(C(N)=O)c1N. The van der Waals surface area contributed by atoms with E-state index in [1.807, 2.05) is 11.0 Å². The molecule has 1 aromatic rings. The van der Waals surface area contributed by atoms with Crippen molar-refractivity contribution in [3.63, 3.8) is 0 Å². The molecule has 0 radical (unpaired) electrons. The first-order chi connectivity index (χ1) is 8.04. The molecule has 1 aliphatic heterocycles. The van der Waals surface area contributed by atoms with Gasteiger partial charge in [0, 0.05) is 13.1 Å². The minimum Gasteiger partial charge on any atom is -0.396 e. The number of nitrogen functional groups attached to an aromatic ring is 1. The van der Waals surface area contributed by atoms with Crippen molar-refractivity contribution in [1.29, 1.82) is 5.26 Å². The van der Waals surface area contributed by atoms with E-state index in [2.05, 4.69) is 0 Å². The fourth-order valence-corrected chi connectivity index (χ4v) is 2.96. The molecule has 0 saturated carbocycles. The van der Waals surface area contributed by atoms with Crippen molar-refractivity contribution >= 4 is 27.9 Å². The molecule has 0 aliphatic carbocycles. The lowest BCUT2D eigenvalue weighted by atomic mass is 10.2. The lowest BCUT2D eigenvalue weighted by Gasteiger charge is -2.16. The number of carbonyl (C=O) groups is 1. The maximum atomic E-state index is 11.4. The summed E-state index contributed by atoms with van der Waals surface area (Å²) in [5.41, 5.74) is 11.3. The molecule has 1 aliphatic rings. The molecule has 1 aromatic heterocycles. The molecule has 5 N–H and O–H groups in total. The lowest BCUT2D eigenvalue weighted by molar-refractivity contribution is 0.100. The van der Waals surface area contributed by atoms with E-state index in [0.29, 0.717) is 24.5 Å². The van der Waals surface area contributed by atoms with E-state index >= 15 is 0 Å². The summed E-state index contributed by atoms with van der Waals surface area (Å²) >= 11 is 1.14. The average molecular weight is 252 g/mol. The minimum atomic E-state index is -0.642. The fourth-order valence-electron chi connectivity index (χ4n) is 1.90. The van der Waals surface area contributed by atoms with Gasteiger partial charge in [0.05, 0.1) is 17.4 Å². The highest BCUT2D eigenvalue weighted by molar-refractivity contribution is 7.17. The van der Waals surface area contributed by atoms with Crippen molar-refractivity contribution < 1.29 is 9.90 Å². The number of hydrogen-bond donors (Lipinski definition) is 3. The predicted molar refractivity (Wildman–Crippen MR) is 64.8 cm³/mol. The second kappa shape index (κ2) is 4.24. The quantitative estimate of drug-likeness (QED) is 0.678. The Morgan fingerprint density at radius 2 is 2.35 bits per heavy atom. The van der Waals surface area contributed by atoms with Crippen LogP contribution in [0.5, 0.6) is 0 Å². The summed E-state index contributed by atoms with van der Waals surface area (Å²) in [6.45, 7) is 1.07. The molecule has 0 bridgehead atoms. The van der Waals surface area contributed by atoms with Gasteiger partial charge in [-0.3, -0.25) is 4.79 Å². The molecule has 1 fully saturated rings. The first-order valence-corrected chi connectivity index (χ1v) is 5.91. The van der Waals surface area contributed by atoms with Crippen molar-refractivity contribution in [1.82, 2.24) is 0 Å². The number of nitrogens with zero attached hydrogens (tertiary/aromatic N) is 2. The fraction of sp³-hybridized carbons (Fsp3) is 0.400. The minimum absolute atomic E-state index is 0.140. The van der Waals surface area contributed by atoms with Crippen LogP contribution in [-0.4, -0.2) is 30.2 Å². The molecule has 1 unspecified atom stereocenters. The molecule has 90 valence electrons. The largest absolute Gasteiger partial charge is 0.396 e. The zero-order valence-electron chi connectivity index (χ0n) is 9.01. The Morgan fingerprint density at radius 3 is 2.82 bits per heavy atom. The molecule has 7 heteroatoms. The Bertz CT molecular complexity index is 505. The van der Waals surface area contributed by atoms with Gasteiger partial charge in [-0.25, -0.2) is 0 Å². The molecular formula is C10H12N4O2S. The van der Waals surface area contributed by atoms with Gasteiger partial charge in [-0.2, -0.15) is 5.26 Å². The van der Waals surface area contributed by atoms with Gasteiger partial charge >= 0.3 is 0 Å². The zero-order valence-corrected chi connectivity index (χ0v) is 9.83. The predicted octanol–water partition coefficient (Wildman–Crippen LogP) is -0.128. The summed E-state index contributed by atoms with van der Waals surface area (Å²) in [6.07, 6.45) is 0.224. The molecule has 1 amide bonds. The third-order valence-corrected chi connectivity index (χ3v) is 3.90. The maximum absolute atomic E-state index is 11.4. The van der Waals surface area contributed by atoms with Crippen LogP contribution in [0.2, 0.25) is 0 Å². The van der Waals surface area contributed by atoms with Crippen molar-refractivity contribution in [2.45, 2.75) is 12.5 Å². The highest BCUT2D eigenvalue weighted by Gasteiger charge is 2.28. The third-order valence-electron chi connectivity index (χ3n) is 2.73. The van der Waals surface area contributed by atoms with Gasteiger partial charge in [0.25, 0.3) is 5.91 Å². The van der Waals surface area contributed by atoms with Crippen LogP contribution in [0.4, 0.5) is 10.7 Å². The Balaban J connectivity index is 2.46. The van der Waals surface area contributed by atoms with E-state index in [-0.39, 0.29) is 16.1 Å². The molecule has 6 nitrogen and oxygen atoms in total. The number of anilines is 2. The Morgan fingerprint density at radius 1 is 1.65 bits per heavy atom. The number of carbonyl (C=O) groups excluding carboxylic acids is 1. The van der Waals surface area contributed by atoms with Crippen molar-refractivity contribution in [3.05, 3.63) is 10.4 Å². The average Bonchev–Trinajstić information content (AvgIpc) is 2.81. The van der Waals surface area contributed by atoms with E-state index in [9.17, 15) is 9.90 Å². The van der Waals surface area contributed by atoms with E-state index in [1.165, 1.54) is 0 Å². The number of primary amides is 1. The van der Waals surface area contributed by atoms with Crippen LogP contribution in [0.25, 0.3) is 0 Å². The van der Waals surface area contributed by atoms with Crippen LogP contribution in [0, 0.1) is 11.3 Å². The number of rotatable bonds is 2. The normalized spacial score (nSPS) is 19.3. The highest BCUT2D eigenvalue weighted by Crippen LogP contribution is 2.38. The van der Waals surface area contributed by atoms with Crippen LogP contribution >= 0.6 is 11.3 Å². The van der Waals surface area contributed by atoms with Gasteiger partial charge in [0.2, 0.25) is 0 Å². The molecule has 17 heavy (non-hydrogen) atoms. The van der Waals surface area contributed by atoms with Crippen LogP contribution in [0.15, 0.2) is 0 Å². The van der Waals surface area contributed by atoms with E-state index in [0.717, 1.165) is 11.3 Å². The summed E-state index contributed by atoms with van der Waals surface area (Å²) in [6, 6.07) is 1.94. The van der Waals surface area contributed by atoms with Gasteiger partial charge < -0.3 is 21.5 Å². The van der Waals surface area contributed by atoms with Gasteiger partial charge in [0.1, 0.15) is 15.9 Å². The van der Waals surface area contributed by atoms with E-state index < -0.39 is 12.0 Å². The molecular weight excluding hydrogens is 240 g/mol. The number of nitrogens with two attached hydrogens (primary N) is 2. The molecule has 0 spiro atoms. The number of aliphatic hydroxyl groups excluding tert-OH is 1. The number of hydrogen-bond acceptors (Lipinski definition) is 6. The molecule has 1 saturated heterocycles. The van der Waals surface area contributed by atoms with E-state index in [1.54, 1.807) is 0 Å². The van der Waals surface area contributed by atoms with Crippen LogP contribution in [-0.2, 0) is 0 Å². The summed E-state index contributed by atoms with van der Waals surface area (Å²) in [7, 11) is 0. The van der Waals surface area contributed by atoms with E-state index in [4.69, 9.17) is 16.7 Å². The number of nitriles is 1. The Hall–Kier alpha value is -1.78. The van der Waals surface area contributed by atoms with Gasteiger partial charge in [-0.05, 0) is 6.42 Å². The van der Waals surface area contributed by atoms with Gasteiger partial charge in [-0.15, -0.1) is 11.3 Å². The van der Waals surface area contributed by atoms with Crippen LogP contribution in [0.3, 0.4) is 0 Å². The Kier molecular flexibility index (Phi) is 2.92. The van der Waals surface area contributed by atoms with Gasteiger partial charge in [0.15, 0.2) is 0 Å². The number of amides is 1. The zero-order chi connectivity index (χ0) is 12.6. The second-order valence-corrected chi connectivity index (χ2v) is 4.89. The topological polar surface area (TPSA) is 116 Å². The molecule has 2 rings (SSSR count). The van der Waals surface area contributed by atoms with Crippen molar-refractivity contribution in [2.75, 3.05) is 23.7 Å². The lowest BCUT2D eigenvalue weighted by Crippen LogP contribution is -2.24. The second-order valence-electron chi connectivity index (χ2n) is 3.89. The van der Waals surface area contributed by atoms with Crippen LogP contribution < -0.4 is 16.4 Å². The first kappa shape index (κ1) is 11.7. The van der Waals surface area contributed by atoms with Gasteiger partial charge in [-0.1, -0.05) is 0 Å². The summed E-state index contributed by atoms with van der Waals surface area (Å²) in [5.74, 6) is -0.642. The molecule has 2 heterocycles. The van der Waals surface area contributed by atoms with Crippen molar-refractivity contribution in [3.8, 4) is 6.07 Å². The monoisotopic (exact) mass is 252 g/mol. The maximum Gasteiger partial charge on any atom is 0.253 e. The summed E-state index contributed by atoms with van der Waals surface area (Å²) in [4.78, 5) is 13.5. The third kappa shape index (κ3) is 1.92. The smallest absolute Gasteiger partial charge is 0.253 e. The summed E-state index contributed by atoms with van der Waals surface area (Å²) < 4.78 is 0. The highest BCUT2D eigenvalue weighted by atomic mass is 32.1. The number of aliphatic hydroxyl groups is 1. The molecule has 0 aromatic carbocycles. The molecule has 1 atom stereocenters. The number of β-amino-alcohol motifs (C(OH)–C–C–N with tert-alkyl or cyclic N) is 1. The number of thiophene rings is 1. The Labute approximate surface area is 102 Å². The van der Waals surface area contributed by atoms with Crippen molar-refractivity contribution in [2.24, 2.45) is 5.73 Å². The standard InChI is InChI=1S/C10H12N4O2S/c11-3-6-8(12)7(9(13)16)10(17-6)14-2-1-5(15)4-14/h5,15H,1-2,4,12H2,(H2,13,16). The summed E-state index contributed by atoms with van der Waals surface area (Å²) in [5, 5.41) is 19.0. The van der Waals surface area contributed by atoms with Crippen LogP contribution in [0.1, 0.15) is 21.7 Å².